The van der Waals surface area contributed by atoms with Crippen LogP contribution in [0.2, 0.25) is 10.0 Å². The van der Waals surface area contributed by atoms with Crippen LogP contribution in [0.25, 0.3) is 0 Å². The molecule has 0 saturated heterocycles. The number of anilines is 1. The van der Waals surface area contributed by atoms with Crippen LogP contribution >= 0.6 is 35.0 Å². The van der Waals surface area contributed by atoms with Crippen molar-refractivity contribution < 1.29 is 13.2 Å². The Kier molecular flexibility index (Phi) is 7.85. The molecule has 146 valence electrons. The number of carbonyl (C=O) groups is 1. The first-order valence-corrected chi connectivity index (χ1v) is 11.7. The molecule has 0 aliphatic rings. The standard InChI is InChI=1S/C18H20Cl2N2O3S2/c1-13(22(27(2,24)25)16-5-3-4-15(20)12-16)18(23)21-10-11-26-17-8-6-14(19)7-9-17/h3-9,12-13H,10-11H2,1-2H3,(H,21,23). The Hall–Kier alpha value is -1.41. The van der Waals surface area contributed by atoms with Crippen molar-refractivity contribution in [2.24, 2.45) is 0 Å². The Bertz CT molecular complexity index is 890. The number of benzene rings is 2. The molecule has 27 heavy (non-hydrogen) atoms. The van der Waals surface area contributed by atoms with Gasteiger partial charge in [0.25, 0.3) is 0 Å². The van der Waals surface area contributed by atoms with Gasteiger partial charge in [0.1, 0.15) is 6.04 Å². The minimum absolute atomic E-state index is 0.350. The summed E-state index contributed by atoms with van der Waals surface area (Å²) < 4.78 is 25.5. The van der Waals surface area contributed by atoms with Gasteiger partial charge >= 0.3 is 0 Å². The number of hydrogen-bond donors (Lipinski definition) is 1. The molecule has 9 heteroatoms. The molecule has 2 aromatic carbocycles. The minimum atomic E-state index is -3.66. The van der Waals surface area contributed by atoms with Gasteiger partial charge in [0, 0.05) is 27.2 Å². The highest BCUT2D eigenvalue weighted by atomic mass is 35.5. The predicted octanol–water partition coefficient (Wildman–Crippen LogP) is 4.06. The van der Waals surface area contributed by atoms with Crippen LogP contribution in [-0.4, -0.2) is 38.9 Å². The Balaban J connectivity index is 1.97. The van der Waals surface area contributed by atoms with Gasteiger partial charge in [0.05, 0.1) is 11.9 Å². The van der Waals surface area contributed by atoms with Crippen LogP contribution in [0.1, 0.15) is 6.92 Å². The largest absolute Gasteiger partial charge is 0.353 e. The number of nitrogens with one attached hydrogen (secondary N) is 1. The van der Waals surface area contributed by atoms with Gasteiger partial charge in [0.15, 0.2) is 0 Å². The smallest absolute Gasteiger partial charge is 0.243 e. The molecule has 0 aliphatic heterocycles. The van der Waals surface area contributed by atoms with Crippen molar-refractivity contribution in [3.05, 3.63) is 58.6 Å². The molecule has 0 bridgehead atoms. The lowest BCUT2D eigenvalue weighted by atomic mass is 10.2. The first kappa shape index (κ1) is 21.9. The summed E-state index contributed by atoms with van der Waals surface area (Å²) >= 11 is 13.4. The van der Waals surface area contributed by atoms with Crippen LogP contribution in [0.15, 0.2) is 53.4 Å². The highest BCUT2D eigenvalue weighted by molar-refractivity contribution is 7.99. The molecule has 0 aliphatic carbocycles. The van der Waals surface area contributed by atoms with Crippen molar-refractivity contribution in [1.82, 2.24) is 5.32 Å². The maximum absolute atomic E-state index is 12.5. The van der Waals surface area contributed by atoms with E-state index in [1.807, 2.05) is 12.1 Å². The molecule has 0 spiro atoms. The summed E-state index contributed by atoms with van der Waals surface area (Å²) in [5, 5.41) is 3.84. The molecule has 2 aromatic rings. The van der Waals surface area contributed by atoms with E-state index in [-0.39, 0.29) is 5.91 Å². The van der Waals surface area contributed by atoms with Crippen LogP contribution in [0.5, 0.6) is 0 Å². The molecule has 1 N–H and O–H groups in total. The zero-order valence-electron chi connectivity index (χ0n) is 14.9. The third kappa shape index (κ3) is 6.60. The number of amides is 1. The first-order chi connectivity index (χ1) is 12.7. The lowest BCUT2D eigenvalue weighted by molar-refractivity contribution is -0.121. The van der Waals surface area contributed by atoms with E-state index in [2.05, 4.69) is 5.32 Å². The lowest BCUT2D eigenvalue weighted by Crippen LogP contribution is -2.48. The summed E-state index contributed by atoms with van der Waals surface area (Å²) in [6.45, 7) is 1.95. The van der Waals surface area contributed by atoms with Crippen LogP contribution in [0.4, 0.5) is 5.69 Å². The fraction of sp³-hybridized carbons (Fsp3) is 0.278. The van der Waals surface area contributed by atoms with Gasteiger partial charge in [-0.2, -0.15) is 0 Å². The number of nitrogens with zero attached hydrogens (tertiary/aromatic N) is 1. The molecule has 0 fully saturated rings. The summed E-state index contributed by atoms with van der Waals surface area (Å²) in [5.74, 6) is 0.271. The molecular weight excluding hydrogens is 427 g/mol. The first-order valence-electron chi connectivity index (χ1n) is 8.09. The van der Waals surface area contributed by atoms with E-state index < -0.39 is 16.1 Å². The summed E-state index contributed by atoms with van der Waals surface area (Å²) in [7, 11) is -3.66. The van der Waals surface area contributed by atoms with Crippen molar-refractivity contribution in [1.29, 1.82) is 0 Å². The number of hydrogen-bond acceptors (Lipinski definition) is 4. The van der Waals surface area contributed by atoms with Crippen molar-refractivity contribution in [3.63, 3.8) is 0 Å². The van der Waals surface area contributed by atoms with Crippen LogP contribution in [-0.2, 0) is 14.8 Å². The highest BCUT2D eigenvalue weighted by Crippen LogP contribution is 2.24. The number of rotatable bonds is 8. The number of sulfonamides is 1. The monoisotopic (exact) mass is 446 g/mol. The Morgan fingerprint density at radius 2 is 1.81 bits per heavy atom. The molecule has 0 aromatic heterocycles. The van der Waals surface area contributed by atoms with Gasteiger partial charge in [-0.25, -0.2) is 8.42 Å². The van der Waals surface area contributed by atoms with E-state index in [1.165, 1.54) is 6.07 Å². The van der Waals surface area contributed by atoms with Gasteiger partial charge in [-0.3, -0.25) is 9.10 Å². The third-order valence-corrected chi connectivity index (χ3v) is 6.38. The van der Waals surface area contributed by atoms with Crippen molar-refractivity contribution >= 4 is 56.6 Å². The van der Waals surface area contributed by atoms with E-state index in [1.54, 1.807) is 49.0 Å². The van der Waals surface area contributed by atoms with Crippen LogP contribution in [0, 0.1) is 0 Å². The molecule has 1 atom stereocenters. The Morgan fingerprint density at radius 1 is 1.15 bits per heavy atom. The van der Waals surface area contributed by atoms with E-state index in [0.29, 0.717) is 28.0 Å². The van der Waals surface area contributed by atoms with E-state index in [9.17, 15) is 13.2 Å². The lowest BCUT2D eigenvalue weighted by Gasteiger charge is -2.28. The second-order valence-corrected chi connectivity index (χ2v) is 9.71. The second kappa shape index (κ2) is 9.68. The summed E-state index contributed by atoms with van der Waals surface area (Å²) in [6.07, 6.45) is 1.06. The van der Waals surface area contributed by atoms with Gasteiger partial charge < -0.3 is 5.32 Å². The molecule has 1 unspecified atom stereocenters. The van der Waals surface area contributed by atoms with E-state index >= 15 is 0 Å². The van der Waals surface area contributed by atoms with Gasteiger partial charge in [0.2, 0.25) is 15.9 Å². The molecule has 0 heterocycles. The zero-order valence-corrected chi connectivity index (χ0v) is 18.0. The summed E-state index contributed by atoms with van der Waals surface area (Å²) in [4.78, 5) is 13.5. The molecule has 1 amide bonds. The SMILES string of the molecule is CC(C(=O)NCCSc1ccc(Cl)cc1)N(c1cccc(Cl)c1)S(C)(=O)=O. The average molecular weight is 447 g/mol. The maximum Gasteiger partial charge on any atom is 0.243 e. The topological polar surface area (TPSA) is 66.5 Å². The molecule has 2 rings (SSSR count). The Labute approximate surface area is 174 Å². The molecule has 0 saturated carbocycles. The van der Waals surface area contributed by atoms with Gasteiger partial charge in [-0.05, 0) is 49.4 Å². The fourth-order valence-corrected chi connectivity index (χ4v) is 4.69. The fourth-order valence-electron chi connectivity index (χ4n) is 2.44. The third-order valence-electron chi connectivity index (χ3n) is 3.63. The van der Waals surface area contributed by atoms with Crippen LogP contribution < -0.4 is 9.62 Å². The van der Waals surface area contributed by atoms with Gasteiger partial charge in [-0.15, -0.1) is 11.8 Å². The number of halogens is 2. The maximum atomic E-state index is 12.5. The molecular formula is C18H20Cl2N2O3S2. The summed E-state index contributed by atoms with van der Waals surface area (Å²) in [5.41, 5.74) is 0.350. The summed E-state index contributed by atoms with van der Waals surface area (Å²) in [6, 6.07) is 12.9. The highest BCUT2D eigenvalue weighted by Gasteiger charge is 2.29. The van der Waals surface area contributed by atoms with E-state index in [0.717, 1.165) is 15.5 Å². The quantitative estimate of drug-likeness (QED) is 0.490. The normalized spacial score (nSPS) is 12.4. The second-order valence-electron chi connectivity index (χ2n) is 5.81. The van der Waals surface area contributed by atoms with Crippen molar-refractivity contribution in [2.45, 2.75) is 17.9 Å². The molecule has 5 nitrogen and oxygen atoms in total. The minimum Gasteiger partial charge on any atom is -0.353 e. The average Bonchev–Trinajstić information content (AvgIpc) is 2.59. The Morgan fingerprint density at radius 3 is 2.41 bits per heavy atom. The van der Waals surface area contributed by atoms with Crippen LogP contribution in [0.3, 0.4) is 0 Å². The van der Waals surface area contributed by atoms with Crippen molar-refractivity contribution in [3.8, 4) is 0 Å². The number of thioether (sulfide) groups is 1. The zero-order chi connectivity index (χ0) is 20.0. The predicted molar refractivity (Wildman–Crippen MR) is 113 cm³/mol. The van der Waals surface area contributed by atoms with Crippen molar-refractivity contribution in [2.75, 3.05) is 22.9 Å². The molecule has 0 radical (unpaired) electrons. The van der Waals surface area contributed by atoms with Gasteiger partial charge in [-0.1, -0.05) is 29.3 Å². The van der Waals surface area contributed by atoms with E-state index in [4.69, 9.17) is 23.2 Å². The number of carbonyl (C=O) groups excluding carboxylic acids is 1.